The second kappa shape index (κ2) is 8.79. The molecular weight excluding hydrogens is 311 g/mol. The molecule has 0 unspecified atom stereocenters. The van der Waals surface area contributed by atoms with Crippen LogP contribution in [0.15, 0.2) is 54.6 Å². The fourth-order valence-electron chi connectivity index (χ4n) is 0.321. The number of hydrogen-bond acceptors (Lipinski definition) is 0. The van der Waals surface area contributed by atoms with E-state index < -0.39 is 0 Å². The van der Waals surface area contributed by atoms with E-state index in [1.807, 2.05) is 44.2 Å². The predicted octanol–water partition coefficient (Wildman–Crippen LogP) is 3.54. The van der Waals surface area contributed by atoms with Crippen molar-refractivity contribution in [3.63, 3.8) is 0 Å². The molecule has 0 aliphatic carbocycles. The number of hydrogen-bond donors (Lipinski definition) is 0. The van der Waals surface area contributed by atoms with E-state index in [1.165, 1.54) is 0 Å². The molecule has 0 aromatic heterocycles. The minimum atomic E-state index is 0. The van der Waals surface area contributed by atoms with Gasteiger partial charge in [-0.25, -0.2) is 12.1 Å². The molecule has 0 nitrogen and oxygen atoms in total. The summed E-state index contributed by atoms with van der Waals surface area (Å²) < 4.78 is 0. The van der Waals surface area contributed by atoms with E-state index in [-0.39, 0.29) is 25.8 Å². The van der Waals surface area contributed by atoms with E-state index in [4.69, 9.17) is 0 Å². The van der Waals surface area contributed by atoms with Crippen LogP contribution in [0.4, 0.5) is 0 Å². The van der Waals surface area contributed by atoms with Crippen molar-refractivity contribution < 1.29 is 25.8 Å². The summed E-state index contributed by atoms with van der Waals surface area (Å²) in [5.74, 6) is 0. The van der Waals surface area contributed by atoms with Crippen LogP contribution in [-0.2, 0) is 25.8 Å². The second-order valence-electron chi connectivity index (χ2n) is 2.52. The van der Waals surface area contributed by atoms with E-state index in [9.17, 15) is 0 Å². The Morgan fingerprint density at radius 1 is 1.00 bits per heavy atom. The molecule has 12 heavy (non-hydrogen) atoms. The molecule has 1 rings (SSSR count). The van der Waals surface area contributed by atoms with E-state index in [2.05, 4.69) is 13.2 Å². The Labute approximate surface area is 94.1 Å². The van der Waals surface area contributed by atoms with E-state index in [1.54, 1.807) is 0 Å². The van der Waals surface area contributed by atoms with Crippen molar-refractivity contribution in [1.82, 2.24) is 0 Å². The van der Waals surface area contributed by atoms with Gasteiger partial charge < -0.3 is 0 Å². The summed E-state index contributed by atoms with van der Waals surface area (Å²) in [5.41, 5.74) is 2.13. The predicted molar refractivity (Wildman–Crippen MR) is 51.7 cm³/mol. The van der Waals surface area contributed by atoms with Gasteiger partial charge in [-0.3, -0.25) is 0 Å². The molecule has 1 aromatic carbocycles. The van der Waals surface area contributed by atoms with Gasteiger partial charge in [0.15, 0.2) is 0 Å². The molecule has 0 spiro atoms. The molecule has 64 valence electrons. The van der Waals surface area contributed by atoms with Gasteiger partial charge in [-0.15, -0.1) is 0 Å². The summed E-state index contributed by atoms with van der Waals surface area (Å²) in [6, 6.07) is 10.0. The van der Waals surface area contributed by atoms with Crippen molar-refractivity contribution in [3.05, 3.63) is 54.6 Å². The van der Waals surface area contributed by atoms with E-state index >= 15 is 0 Å². The standard InChI is InChI=1S/C6H10.C5H5.Hf/c1-5(2)6(3)4;1-2-4-5-3-1;/h1,3H2,2,4H3;1-5H;/q;-1;. The quantitative estimate of drug-likeness (QED) is 0.421. The van der Waals surface area contributed by atoms with Crippen LogP contribution in [0.3, 0.4) is 0 Å². The minimum Gasteiger partial charge on any atom is -0.214 e. The molecule has 0 fully saturated rings. The smallest absolute Gasteiger partial charge is 0 e. The fraction of sp³-hybridized carbons (Fsp3) is 0.182. The zero-order valence-electron chi connectivity index (χ0n) is 7.80. The summed E-state index contributed by atoms with van der Waals surface area (Å²) in [7, 11) is 0. The third-order valence-electron chi connectivity index (χ3n) is 1.28. The van der Waals surface area contributed by atoms with Crippen LogP contribution in [0, 0.1) is 0 Å². The molecule has 0 radical (unpaired) electrons. The molecule has 0 saturated heterocycles. The van der Waals surface area contributed by atoms with Crippen LogP contribution in [-0.4, -0.2) is 0 Å². The molecule has 1 heteroatoms. The van der Waals surface area contributed by atoms with E-state index in [0.29, 0.717) is 0 Å². The van der Waals surface area contributed by atoms with Gasteiger partial charge in [-0.1, -0.05) is 24.3 Å². The van der Waals surface area contributed by atoms with Crippen molar-refractivity contribution in [2.24, 2.45) is 0 Å². The largest absolute Gasteiger partial charge is 0.214 e. The van der Waals surface area contributed by atoms with E-state index in [0.717, 1.165) is 11.1 Å². The van der Waals surface area contributed by atoms with Gasteiger partial charge in [0.25, 0.3) is 0 Å². The third-order valence-corrected chi connectivity index (χ3v) is 1.28. The molecule has 0 atom stereocenters. The van der Waals surface area contributed by atoms with Gasteiger partial charge >= 0.3 is 0 Å². The number of allylic oxidation sites excluding steroid dienone is 2. The Balaban J connectivity index is 0. The van der Waals surface area contributed by atoms with Gasteiger partial charge in [-0.05, 0) is 13.8 Å². The molecule has 0 saturated carbocycles. The van der Waals surface area contributed by atoms with Crippen molar-refractivity contribution >= 4 is 0 Å². The first-order chi connectivity index (χ1) is 5.14. The molecule has 0 bridgehead atoms. The zero-order valence-corrected chi connectivity index (χ0v) is 11.4. The maximum Gasteiger partial charge on any atom is 0 e. The minimum absolute atomic E-state index is 0. The topological polar surface area (TPSA) is 0 Å². The third kappa shape index (κ3) is 9.70. The van der Waals surface area contributed by atoms with Gasteiger partial charge in [0.05, 0.1) is 0 Å². The van der Waals surface area contributed by atoms with Crippen LogP contribution in [0.1, 0.15) is 13.8 Å². The Kier molecular flexibility index (Phi) is 10.4. The van der Waals surface area contributed by atoms with Gasteiger partial charge in [0.1, 0.15) is 0 Å². The maximum absolute atomic E-state index is 3.66. The second-order valence-corrected chi connectivity index (χ2v) is 2.52. The van der Waals surface area contributed by atoms with Crippen molar-refractivity contribution in [2.75, 3.05) is 0 Å². The molecule has 1 aromatic rings. The van der Waals surface area contributed by atoms with Crippen molar-refractivity contribution in [3.8, 4) is 0 Å². The first-order valence-corrected chi connectivity index (χ1v) is 3.62. The molecule has 0 aliphatic heterocycles. The maximum atomic E-state index is 3.66. The SMILES string of the molecule is C=C(C)C(=C)C.[Hf].c1cc[cH-]c1. The monoisotopic (exact) mass is 327 g/mol. The van der Waals surface area contributed by atoms with Crippen molar-refractivity contribution in [2.45, 2.75) is 13.8 Å². The molecule has 0 heterocycles. The van der Waals surface area contributed by atoms with Crippen LogP contribution >= 0.6 is 0 Å². The van der Waals surface area contributed by atoms with Gasteiger partial charge in [-0.2, -0.15) is 18.2 Å². The summed E-state index contributed by atoms with van der Waals surface area (Å²) in [5, 5.41) is 0. The Hall–Kier alpha value is -0.300. The zero-order chi connectivity index (χ0) is 8.69. The summed E-state index contributed by atoms with van der Waals surface area (Å²) in [4.78, 5) is 0. The molecule has 0 aliphatic rings. The Morgan fingerprint density at radius 3 is 1.42 bits per heavy atom. The fourth-order valence-corrected chi connectivity index (χ4v) is 0.321. The van der Waals surface area contributed by atoms with Crippen molar-refractivity contribution in [1.29, 1.82) is 0 Å². The summed E-state index contributed by atoms with van der Waals surface area (Å²) in [6.45, 7) is 11.2. The Morgan fingerprint density at radius 2 is 1.33 bits per heavy atom. The first-order valence-electron chi connectivity index (χ1n) is 3.62. The van der Waals surface area contributed by atoms with Gasteiger partial charge in [0, 0.05) is 25.8 Å². The first kappa shape index (κ1) is 14.2. The van der Waals surface area contributed by atoms with Crippen LogP contribution in [0.2, 0.25) is 0 Å². The summed E-state index contributed by atoms with van der Waals surface area (Å²) >= 11 is 0. The average molecular weight is 326 g/mol. The molecule has 0 amide bonds. The average Bonchev–Trinajstić information content (AvgIpc) is 2.41. The normalized spacial score (nSPS) is 7.17. The summed E-state index contributed by atoms with van der Waals surface area (Å²) in [6.07, 6.45) is 0. The van der Waals surface area contributed by atoms with Gasteiger partial charge in [0.2, 0.25) is 0 Å². The Bertz CT molecular complexity index is 178. The van der Waals surface area contributed by atoms with Crippen LogP contribution < -0.4 is 0 Å². The molecule has 0 N–H and O–H groups in total. The van der Waals surface area contributed by atoms with Crippen LogP contribution in [0.5, 0.6) is 0 Å². The van der Waals surface area contributed by atoms with Crippen LogP contribution in [0.25, 0.3) is 0 Å². The number of rotatable bonds is 1. The molecular formula is C11H15Hf-.